The van der Waals surface area contributed by atoms with Crippen molar-refractivity contribution < 1.29 is 18.3 Å². The second kappa shape index (κ2) is 4.78. The number of carbonyl (C=O) groups excluding carboxylic acids is 1. The van der Waals surface area contributed by atoms with Crippen LogP contribution in [0.25, 0.3) is 0 Å². The minimum atomic E-state index is -2.67. The van der Waals surface area contributed by atoms with Gasteiger partial charge in [-0.25, -0.2) is 13.6 Å². The molecule has 5 heteroatoms. The van der Waals surface area contributed by atoms with E-state index in [-0.39, 0.29) is 12.8 Å². The van der Waals surface area contributed by atoms with Gasteiger partial charge in [0, 0.05) is 25.4 Å². The number of alkyl halides is 2. The van der Waals surface area contributed by atoms with E-state index in [0.717, 1.165) is 0 Å². The fraction of sp³-hybridized carbons (Fsp3) is 0.917. The van der Waals surface area contributed by atoms with E-state index >= 15 is 0 Å². The van der Waals surface area contributed by atoms with Crippen molar-refractivity contribution in [3.05, 3.63) is 0 Å². The van der Waals surface area contributed by atoms with Crippen LogP contribution in [0.15, 0.2) is 0 Å². The van der Waals surface area contributed by atoms with Crippen molar-refractivity contribution in [3.8, 4) is 0 Å². The van der Waals surface area contributed by atoms with E-state index in [1.54, 1.807) is 27.7 Å². The Morgan fingerprint density at radius 3 is 2.53 bits per heavy atom. The Hall–Kier alpha value is -0.870. The molecule has 1 aliphatic rings. The molecule has 0 N–H and O–H groups in total. The van der Waals surface area contributed by atoms with Crippen molar-refractivity contribution >= 4 is 6.09 Å². The maximum absolute atomic E-state index is 13.3. The summed E-state index contributed by atoms with van der Waals surface area (Å²) >= 11 is 0. The molecule has 17 heavy (non-hydrogen) atoms. The quantitative estimate of drug-likeness (QED) is 0.658. The highest BCUT2D eigenvalue weighted by Gasteiger charge is 2.38. The summed E-state index contributed by atoms with van der Waals surface area (Å²) < 4.78 is 31.8. The maximum Gasteiger partial charge on any atom is 0.410 e. The van der Waals surface area contributed by atoms with Crippen LogP contribution in [0, 0.1) is 0 Å². The summed E-state index contributed by atoms with van der Waals surface area (Å²) in [4.78, 5) is 13.3. The number of halogens is 2. The molecule has 0 bridgehead atoms. The van der Waals surface area contributed by atoms with Gasteiger partial charge >= 0.3 is 6.09 Å². The van der Waals surface area contributed by atoms with Crippen molar-refractivity contribution in [2.45, 2.75) is 64.5 Å². The van der Waals surface area contributed by atoms with Gasteiger partial charge in [0.05, 0.1) is 0 Å². The molecule has 0 aromatic heterocycles. The standard InChI is InChI=1S/C12H21F2NO2/c1-9-8-12(13,14)6-5-7-15(9)10(16)17-11(2,3)4/h9H,5-8H2,1-4H3. The van der Waals surface area contributed by atoms with Gasteiger partial charge in [0.15, 0.2) is 0 Å². The van der Waals surface area contributed by atoms with Crippen molar-refractivity contribution in [3.63, 3.8) is 0 Å². The van der Waals surface area contributed by atoms with E-state index in [9.17, 15) is 13.6 Å². The highest BCUT2D eigenvalue weighted by Crippen LogP contribution is 2.31. The number of ether oxygens (including phenoxy) is 1. The van der Waals surface area contributed by atoms with Crippen LogP contribution in [0.4, 0.5) is 13.6 Å². The van der Waals surface area contributed by atoms with Crippen LogP contribution in [-0.2, 0) is 4.74 Å². The van der Waals surface area contributed by atoms with Crippen molar-refractivity contribution in [1.82, 2.24) is 4.90 Å². The Balaban J connectivity index is 2.67. The lowest BCUT2D eigenvalue weighted by Gasteiger charge is -2.30. The zero-order valence-electron chi connectivity index (χ0n) is 10.9. The summed E-state index contributed by atoms with van der Waals surface area (Å²) in [6.07, 6.45) is -0.623. The third kappa shape index (κ3) is 4.48. The van der Waals surface area contributed by atoms with Crippen molar-refractivity contribution in [2.24, 2.45) is 0 Å². The van der Waals surface area contributed by atoms with E-state index in [1.807, 2.05) is 0 Å². The van der Waals surface area contributed by atoms with Gasteiger partial charge < -0.3 is 9.64 Å². The minimum Gasteiger partial charge on any atom is -0.444 e. The molecule has 1 saturated heterocycles. The zero-order valence-corrected chi connectivity index (χ0v) is 10.9. The highest BCUT2D eigenvalue weighted by atomic mass is 19.3. The smallest absolute Gasteiger partial charge is 0.410 e. The number of likely N-dealkylation sites (tertiary alicyclic amines) is 1. The second-order valence-corrected chi connectivity index (χ2v) is 5.69. The molecule has 0 spiro atoms. The van der Waals surface area contributed by atoms with Crippen LogP contribution in [-0.4, -0.2) is 35.1 Å². The summed E-state index contributed by atoms with van der Waals surface area (Å²) in [6, 6.07) is -0.484. The van der Waals surface area contributed by atoms with Gasteiger partial charge in [-0.15, -0.1) is 0 Å². The molecule has 1 aliphatic heterocycles. The molecule has 1 rings (SSSR count). The van der Waals surface area contributed by atoms with E-state index in [0.29, 0.717) is 13.0 Å². The summed E-state index contributed by atoms with van der Waals surface area (Å²) in [6.45, 7) is 7.28. The summed E-state index contributed by atoms with van der Waals surface area (Å²) in [7, 11) is 0. The molecular weight excluding hydrogens is 228 g/mol. The molecule has 1 unspecified atom stereocenters. The fourth-order valence-electron chi connectivity index (χ4n) is 1.96. The molecule has 0 saturated carbocycles. The van der Waals surface area contributed by atoms with Crippen molar-refractivity contribution in [2.75, 3.05) is 6.54 Å². The monoisotopic (exact) mass is 249 g/mol. The van der Waals surface area contributed by atoms with E-state index < -0.39 is 23.7 Å². The molecule has 0 aromatic rings. The Morgan fingerprint density at radius 1 is 1.41 bits per heavy atom. The molecule has 0 radical (unpaired) electrons. The number of nitrogens with zero attached hydrogens (tertiary/aromatic N) is 1. The number of carbonyl (C=O) groups is 1. The number of hydrogen-bond donors (Lipinski definition) is 0. The topological polar surface area (TPSA) is 29.5 Å². The molecule has 1 amide bonds. The second-order valence-electron chi connectivity index (χ2n) is 5.69. The van der Waals surface area contributed by atoms with Gasteiger partial charge in [-0.1, -0.05) is 0 Å². The number of rotatable bonds is 0. The first-order chi connectivity index (χ1) is 7.61. The first-order valence-electron chi connectivity index (χ1n) is 5.98. The molecule has 1 fully saturated rings. The largest absolute Gasteiger partial charge is 0.444 e. The SMILES string of the molecule is CC1CC(F)(F)CCCN1C(=O)OC(C)(C)C. The third-order valence-corrected chi connectivity index (χ3v) is 2.70. The molecular formula is C12H21F2NO2. The third-order valence-electron chi connectivity index (χ3n) is 2.70. The van der Waals surface area contributed by atoms with Crippen LogP contribution >= 0.6 is 0 Å². The van der Waals surface area contributed by atoms with Crippen LogP contribution in [0.5, 0.6) is 0 Å². The first kappa shape index (κ1) is 14.2. The first-order valence-corrected chi connectivity index (χ1v) is 5.98. The lowest BCUT2D eigenvalue weighted by atomic mass is 10.1. The summed E-state index contributed by atoms with van der Waals surface area (Å²) in [5, 5.41) is 0. The van der Waals surface area contributed by atoms with Gasteiger partial charge in [0.1, 0.15) is 5.60 Å². The molecule has 3 nitrogen and oxygen atoms in total. The predicted octanol–water partition coefficient (Wildman–Crippen LogP) is 3.43. The predicted molar refractivity (Wildman–Crippen MR) is 61.2 cm³/mol. The average molecular weight is 249 g/mol. The lowest BCUT2D eigenvalue weighted by Crippen LogP contribution is -2.42. The molecule has 100 valence electrons. The Kier molecular flexibility index (Phi) is 3.99. The summed E-state index contributed by atoms with van der Waals surface area (Å²) in [5.41, 5.74) is -0.592. The van der Waals surface area contributed by atoms with Crippen LogP contribution in [0.3, 0.4) is 0 Å². The molecule has 1 heterocycles. The lowest BCUT2D eigenvalue weighted by molar-refractivity contribution is -0.0258. The minimum absolute atomic E-state index is 0.156. The average Bonchev–Trinajstić information content (AvgIpc) is 2.19. The van der Waals surface area contributed by atoms with E-state index in [4.69, 9.17) is 4.74 Å². The van der Waals surface area contributed by atoms with Gasteiger partial charge in [-0.3, -0.25) is 0 Å². The molecule has 0 aliphatic carbocycles. The van der Waals surface area contributed by atoms with E-state index in [1.165, 1.54) is 4.90 Å². The zero-order chi connectivity index (χ0) is 13.3. The normalized spacial score (nSPS) is 25.3. The Labute approximate surface area is 101 Å². The Bertz CT molecular complexity index is 287. The summed E-state index contributed by atoms with van der Waals surface area (Å²) in [5.74, 6) is -2.67. The van der Waals surface area contributed by atoms with E-state index in [2.05, 4.69) is 0 Å². The number of hydrogen-bond acceptors (Lipinski definition) is 2. The highest BCUT2D eigenvalue weighted by molar-refractivity contribution is 5.68. The molecule has 0 aromatic carbocycles. The number of amides is 1. The molecule has 1 atom stereocenters. The van der Waals surface area contributed by atoms with Gasteiger partial charge in [-0.2, -0.15) is 0 Å². The fourth-order valence-corrected chi connectivity index (χ4v) is 1.96. The van der Waals surface area contributed by atoms with Gasteiger partial charge in [-0.05, 0) is 34.1 Å². The van der Waals surface area contributed by atoms with Gasteiger partial charge in [0.25, 0.3) is 0 Å². The van der Waals surface area contributed by atoms with Crippen molar-refractivity contribution in [1.29, 1.82) is 0 Å². The van der Waals surface area contributed by atoms with Gasteiger partial charge in [0.2, 0.25) is 5.92 Å². The van der Waals surface area contributed by atoms with Crippen LogP contribution in [0.2, 0.25) is 0 Å². The Morgan fingerprint density at radius 2 is 2.00 bits per heavy atom. The van der Waals surface area contributed by atoms with Crippen LogP contribution in [0.1, 0.15) is 47.0 Å². The van der Waals surface area contributed by atoms with Crippen LogP contribution < -0.4 is 0 Å². The maximum atomic E-state index is 13.3.